The highest BCUT2D eigenvalue weighted by molar-refractivity contribution is 7.98. The second-order valence-electron chi connectivity index (χ2n) is 5.34. The molecule has 0 radical (unpaired) electrons. The van der Waals surface area contributed by atoms with E-state index in [9.17, 15) is 0 Å². The Hall–Kier alpha value is -2.84. The maximum absolute atomic E-state index is 6.11. The van der Waals surface area contributed by atoms with Crippen molar-refractivity contribution in [3.8, 4) is 22.8 Å². The third-order valence-corrected chi connectivity index (χ3v) is 4.76. The maximum Gasteiger partial charge on any atom is 0.247 e. The molecule has 2 aromatic heterocycles. The van der Waals surface area contributed by atoms with Gasteiger partial charge in [-0.3, -0.25) is 0 Å². The zero-order valence-electron chi connectivity index (χ0n) is 13.4. The van der Waals surface area contributed by atoms with E-state index in [4.69, 9.17) is 21.9 Å². The molecule has 0 aliphatic rings. The molecule has 0 unspecified atom stereocenters. The minimum absolute atomic E-state index is 0.440. The molecule has 2 aromatic carbocycles. The second-order valence-corrected chi connectivity index (χ2v) is 6.72. The Labute approximate surface area is 158 Å². The Morgan fingerprint density at radius 2 is 1.69 bits per heavy atom. The van der Waals surface area contributed by atoms with Gasteiger partial charge in [-0.25, -0.2) is 4.68 Å². The Morgan fingerprint density at radius 1 is 0.923 bits per heavy atom. The number of rotatable bonds is 5. The van der Waals surface area contributed by atoms with E-state index in [-0.39, 0.29) is 0 Å². The topological polar surface area (TPSA) is 95.7 Å². The van der Waals surface area contributed by atoms with Crippen LogP contribution in [0.5, 0.6) is 0 Å². The minimum atomic E-state index is 0.440. The molecule has 7 nitrogen and oxygen atoms in total. The fourth-order valence-corrected chi connectivity index (χ4v) is 3.13. The molecule has 0 fully saturated rings. The van der Waals surface area contributed by atoms with Crippen LogP contribution in [-0.4, -0.2) is 25.1 Å². The van der Waals surface area contributed by atoms with Gasteiger partial charge >= 0.3 is 0 Å². The van der Waals surface area contributed by atoms with Gasteiger partial charge in [-0.2, -0.15) is 0 Å². The molecule has 0 aliphatic carbocycles. The van der Waals surface area contributed by atoms with Crippen LogP contribution < -0.4 is 5.84 Å². The summed E-state index contributed by atoms with van der Waals surface area (Å²) in [5.41, 5.74) is 1.71. The molecule has 130 valence electrons. The van der Waals surface area contributed by atoms with Gasteiger partial charge in [0.25, 0.3) is 0 Å². The number of halogens is 1. The van der Waals surface area contributed by atoms with E-state index in [0.717, 1.165) is 11.1 Å². The molecule has 0 spiro atoms. The van der Waals surface area contributed by atoms with E-state index >= 15 is 0 Å². The van der Waals surface area contributed by atoms with Crippen molar-refractivity contribution in [2.45, 2.75) is 10.9 Å². The van der Waals surface area contributed by atoms with Crippen LogP contribution >= 0.6 is 23.4 Å². The van der Waals surface area contributed by atoms with Crippen molar-refractivity contribution in [1.29, 1.82) is 0 Å². The summed E-state index contributed by atoms with van der Waals surface area (Å²) in [6.45, 7) is 0. The molecule has 26 heavy (non-hydrogen) atoms. The van der Waals surface area contributed by atoms with Crippen molar-refractivity contribution in [1.82, 2.24) is 25.1 Å². The van der Waals surface area contributed by atoms with E-state index in [1.165, 1.54) is 16.4 Å². The lowest BCUT2D eigenvalue weighted by Gasteiger charge is -2.02. The normalized spacial score (nSPS) is 11.0. The first kappa shape index (κ1) is 16.6. The number of hydrogen-bond acceptors (Lipinski definition) is 7. The number of aromatic nitrogens is 5. The molecule has 4 rings (SSSR count). The summed E-state index contributed by atoms with van der Waals surface area (Å²) in [4.78, 5) is 0. The predicted molar refractivity (Wildman–Crippen MR) is 99.9 cm³/mol. The average Bonchev–Trinajstić information content (AvgIpc) is 3.29. The Kier molecular flexibility index (Phi) is 4.59. The van der Waals surface area contributed by atoms with Gasteiger partial charge in [0.05, 0.1) is 5.75 Å². The molecule has 0 saturated carbocycles. The highest BCUT2D eigenvalue weighted by atomic mass is 35.5. The maximum atomic E-state index is 6.11. The summed E-state index contributed by atoms with van der Waals surface area (Å²) >= 11 is 7.28. The smallest absolute Gasteiger partial charge is 0.247 e. The first-order chi connectivity index (χ1) is 12.7. The zero-order chi connectivity index (χ0) is 17.9. The van der Waals surface area contributed by atoms with E-state index in [2.05, 4.69) is 20.4 Å². The molecule has 0 amide bonds. The van der Waals surface area contributed by atoms with Gasteiger partial charge in [0.1, 0.15) is 0 Å². The molecular formula is C17H13ClN6OS. The second kappa shape index (κ2) is 7.19. The molecule has 4 aromatic rings. The molecule has 0 atom stereocenters. The van der Waals surface area contributed by atoms with E-state index in [1.807, 2.05) is 42.5 Å². The molecule has 2 heterocycles. The number of nitrogens with zero attached hydrogens (tertiary/aromatic N) is 5. The van der Waals surface area contributed by atoms with Gasteiger partial charge in [-0.15, -0.1) is 20.4 Å². The molecule has 0 saturated heterocycles. The molecular weight excluding hydrogens is 372 g/mol. The van der Waals surface area contributed by atoms with Crippen molar-refractivity contribution < 1.29 is 4.42 Å². The molecule has 0 aliphatic heterocycles. The number of hydrogen-bond donors (Lipinski definition) is 1. The summed E-state index contributed by atoms with van der Waals surface area (Å²) in [5.74, 6) is 8.07. The zero-order valence-corrected chi connectivity index (χ0v) is 15.0. The Bertz CT molecular complexity index is 1020. The molecule has 9 heteroatoms. The summed E-state index contributed by atoms with van der Waals surface area (Å²) < 4.78 is 7.11. The van der Waals surface area contributed by atoms with Crippen molar-refractivity contribution >= 4 is 23.4 Å². The first-order valence-electron chi connectivity index (χ1n) is 7.68. The van der Waals surface area contributed by atoms with Crippen molar-refractivity contribution in [3.05, 3.63) is 65.5 Å². The largest absolute Gasteiger partial charge is 0.420 e. The van der Waals surface area contributed by atoms with Crippen LogP contribution in [0, 0.1) is 0 Å². The monoisotopic (exact) mass is 384 g/mol. The van der Waals surface area contributed by atoms with E-state index in [0.29, 0.717) is 33.5 Å². The fourth-order valence-electron chi connectivity index (χ4n) is 2.31. The summed E-state index contributed by atoms with van der Waals surface area (Å²) in [6, 6.07) is 16.8. The summed E-state index contributed by atoms with van der Waals surface area (Å²) in [6.07, 6.45) is 0. The van der Waals surface area contributed by atoms with Crippen LogP contribution in [0.25, 0.3) is 22.8 Å². The van der Waals surface area contributed by atoms with Crippen molar-refractivity contribution in [3.63, 3.8) is 0 Å². The van der Waals surface area contributed by atoms with Gasteiger partial charge in [0.15, 0.2) is 5.82 Å². The van der Waals surface area contributed by atoms with Crippen LogP contribution in [0.2, 0.25) is 5.02 Å². The first-order valence-corrected chi connectivity index (χ1v) is 9.04. The number of nitrogen functional groups attached to an aromatic ring is 1. The quantitative estimate of drug-likeness (QED) is 0.414. The van der Waals surface area contributed by atoms with Crippen LogP contribution in [-0.2, 0) is 5.75 Å². The van der Waals surface area contributed by atoms with Crippen molar-refractivity contribution in [2.75, 3.05) is 5.84 Å². The van der Waals surface area contributed by atoms with Gasteiger partial charge in [-0.05, 0) is 36.4 Å². The highest BCUT2D eigenvalue weighted by Crippen LogP contribution is 2.26. The van der Waals surface area contributed by atoms with Gasteiger partial charge < -0.3 is 10.3 Å². The summed E-state index contributed by atoms with van der Waals surface area (Å²) in [7, 11) is 0. The standard InChI is InChI=1S/C17H13ClN6OS/c18-13-8-6-11(7-9-13)15-21-23-17(24(15)19)26-10-14-20-22-16(25-14)12-4-2-1-3-5-12/h1-9H,10,19H2. The van der Waals surface area contributed by atoms with E-state index < -0.39 is 0 Å². The fraction of sp³-hybridized carbons (Fsp3) is 0.0588. The predicted octanol–water partition coefficient (Wildman–Crippen LogP) is 3.65. The van der Waals surface area contributed by atoms with Gasteiger partial charge in [-0.1, -0.05) is 41.6 Å². The SMILES string of the molecule is Nn1c(SCc2nnc(-c3ccccc3)o2)nnc1-c1ccc(Cl)cc1. The van der Waals surface area contributed by atoms with Crippen LogP contribution in [0.15, 0.2) is 64.2 Å². The highest BCUT2D eigenvalue weighted by Gasteiger charge is 2.14. The number of nitrogens with two attached hydrogens (primary N) is 1. The Balaban J connectivity index is 1.47. The number of benzene rings is 2. The van der Waals surface area contributed by atoms with Crippen molar-refractivity contribution in [2.24, 2.45) is 0 Å². The Morgan fingerprint density at radius 3 is 2.46 bits per heavy atom. The number of thioether (sulfide) groups is 1. The lowest BCUT2D eigenvalue weighted by atomic mass is 10.2. The van der Waals surface area contributed by atoms with Crippen LogP contribution in [0.1, 0.15) is 5.89 Å². The third-order valence-electron chi connectivity index (χ3n) is 3.58. The lowest BCUT2D eigenvalue weighted by Crippen LogP contribution is -2.11. The molecule has 2 N–H and O–H groups in total. The third kappa shape index (κ3) is 3.42. The molecule has 0 bridgehead atoms. The van der Waals surface area contributed by atoms with E-state index in [1.54, 1.807) is 12.1 Å². The minimum Gasteiger partial charge on any atom is -0.420 e. The van der Waals surface area contributed by atoms with Gasteiger partial charge in [0, 0.05) is 16.1 Å². The lowest BCUT2D eigenvalue weighted by molar-refractivity contribution is 0.528. The van der Waals surface area contributed by atoms with Crippen LogP contribution in [0.3, 0.4) is 0 Å². The van der Waals surface area contributed by atoms with Crippen LogP contribution in [0.4, 0.5) is 0 Å². The summed E-state index contributed by atoms with van der Waals surface area (Å²) in [5, 5.41) is 17.6. The van der Waals surface area contributed by atoms with Gasteiger partial charge in [0.2, 0.25) is 16.9 Å². The average molecular weight is 385 g/mol.